The molecule has 2 amide bonds. The third-order valence-electron chi connectivity index (χ3n) is 4.21. The number of carbonyl (C=O) groups is 2. The van der Waals surface area contributed by atoms with E-state index in [9.17, 15) is 19.8 Å². The Balaban J connectivity index is 5.16. The second-order valence-electron chi connectivity index (χ2n) is 6.61. The summed E-state index contributed by atoms with van der Waals surface area (Å²) in [5, 5.41) is 19.3. The Hall–Kier alpha value is -0.820. The molecule has 0 bridgehead atoms. The van der Waals surface area contributed by atoms with Crippen LogP contribution in [0, 0.1) is 0 Å². The molecule has 1 atom stereocenters. The smallest absolute Gasteiger partial charge is 0.313 e. The van der Waals surface area contributed by atoms with Gasteiger partial charge >= 0.3 is 11.8 Å². The maximum atomic E-state index is 11.9. The lowest BCUT2D eigenvalue weighted by atomic mass is 9.90. The van der Waals surface area contributed by atoms with Crippen molar-refractivity contribution in [3.8, 4) is 0 Å². The Bertz CT molecular complexity index is 358. The zero-order valence-corrected chi connectivity index (χ0v) is 13.1. The molecule has 2 N–H and O–H groups in total. The molecule has 0 radical (unpaired) electrons. The van der Waals surface area contributed by atoms with Gasteiger partial charge in [0, 0.05) is 6.42 Å². The van der Waals surface area contributed by atoms with E-state index in [1.807, 2.05) is 0 Å². The molecule has 6 nitrogen and oxygen atoms in total. The van der Waals surface area contributed by atoms with Crippen molar-refractivity contribution in [3.05, 3.63) is 0 Å². The normalized spacial score (nSPS) is 16.3. The molecular formula is C13H28N2O4+2. The first-order valence-corrected chi connectivity index (χ1v) is 6.33. The number of likely N-dealkylation sites (N-methyl/N-ethyl adjacent to an activating group) is 1. The van der Waals surface area contributed by atoms with Crippen LogP contribution in [0.1, 0.15) is 26.7 Å². The van der Waals surface area contributed by atoms with E-state index in [0.717, 1.165) is 0 Å². The minimum atomic E-state index is -1.67. The zero-order valence-electron chi connectivity index (χ0n) is 13.1. The van der Waals surface area contributed by atoms with Gasteiger partial charge < -0.3 is 10.2 Å². The molecule has 0 aromatic carbocycles. The van der Waals surface area contributed by atoms with Crippen LogP contribution in [0.2, 0.25) is 0 Å². The molecule has 6 heteroatoms. The summed E-state index contributed by atoms with van der Waals surface area (Å²) in [6.07, 6.45) is -1.26. The summed E-state index contributed by atoms with van der Waals surface area (Å²) in [7, 11) is 8.54. The largest absolute Gasteiger partial charge is 0.363 e. The quantitative estimate of drug-likeness (QED) is 0.534. The molecule has 0 aliphatic heterocycles. The van der Waals surface area contributed by atoms with E-state index in [1.54, 1.807) is 42.2 Å². The fraction of sp³-hybridized carbons (Fsp3) is 0.846. The van der Waals surface area contributed by atoms with Crippen LogP contribution in [0.4, 0.5) is 0 Å². The summed E-state index contributed by atoms with van der Waals surface area (Å²) >= 11 is 0. The van der Waals surface area contributed by atoms with E-state index in [1.165, 1.54) is 6.92 Å². The van der Waals surface area contributed by atoms with Crippen LogP contribution < -0.4 is 0 Å². The first kappa shape index (κ1) is 18.2. The van der Waals surface area contributed by atoms with Gasteiger partial charge in [-0.1, -0.05) is 0 Å². The standard InChI is InChI=1S/C13H28N2O4/c1-10(16)15(6,7)13(2,12(18)19)9-8-11(17)14(3,4)5/h12,18-19H,8-9H2,1-7H3/q+2. The van der Waals surface area contributed by atoms with Crippen molar-refractivity contribution in [2.24, 2.45) is 0 Å². The second-order valence-corrected chi connectivity index (χ2v) is 6.61. The highest BCUT2D eigenvalue weighted by Crippen LogP contribution is 2.30. The number of aliphatic hydroxyl groups is 2. The number of amides is 2. The number of hydrogen-bond donors (Lipinski definition) is 2. The molecule has 0 aromatic rings. The van der Waals surface area contributed by atoms with Crippen LogP contribution in [0.15, 0.2) is 0 Å². The fourth-order valence-electron chi connectivity index (χ4n) is 1.75. The van der Waals surface area contributed by atoms with Gasteiger partial charge in [0.05, 0.1) is 48.6 Å². The molecule has 0 saturated heterocycles. The second kappa shape index (κ2) is 5.66. The summed E-state index contributed by atoms with van der Waals surface area (Å²) in [4.78, 5) is 23.7. The van der Waals surface area contributed by atoms with Crippen molar-refractivity contribution in [2.75, 3.05) is 35.2 Å². The van der Waals surface area contributed by atoms with Gasteiger partial charge in [-0.25, -0.2) is 9.59 Å². The summed E-state index contributed by atoms with van der Waals surface area (Å²) in [5.74, 6) is -0.205. The molecule has 19 heavy (non-hydrogen) atoms. The first-order chi connectivity index (χ1) is 8.26. The van der Waals surface area contributed by atoms with Gasteiger partial charge in [-0.2, -0.15) is 0 Å². The fourth-order valence-corrected chi connectivity index (χ4v) is 1.75. The van der Waals surface area contributed by atoms with Crippen LogP contribution >= 0.6 is 0 Å². The van der Waals surface area contributed by atoms with Gasteiger partial charge in [0.1, 0.15) is 0 Å². The zero-order chi connectivity index (χ0) is 15.6. The number of rotatable bonds is 5. The number of aliphatic hydroxyl groups excluding tert-OH is 1. The Morgan fingerprint density at radius 3 is 1.79 bits per heavy atom. The van der Waals surface area contributed by atoms with Gasteiger partial charge in [-0.15, -0.1) is 0 Å². The summed E-state index contributed by atoms with van der Waals surface area (Å²) < 4.78 is -0.0137. The lowest BCUT2D eigenvalue weighted by Gasteiger charge is -2.44. The molecule has 0 aliphatic carbocycles. The van der Waals surface area contributed by atoms with Crippen molar-refractivity contribution < 1.29 is 28.8 Å². The lowest BCUT2D eigenvalue weighted by Crippen LogP contribution is -2.66. The average Bonchev–Trinajstić information content (AvgIpc) is 2.22. The van der Waals surface area contributed by atoms with Crippen LogP contribution in [0.25, 0.3) is 0 Å². The van der Waals surface area contributed by atoms with Crippen molar-refractivity contribution >= 4 is 11.8 Å². The van der Waals surface area contributed by atoms with E-state index in [2.05, 4.69) is 0 Å². The van der Waals surface area contributed by atoms with Crippen molar-refractivity contribution in [2.45, 2.75) is 38.5 Å². The summed E-state index contributed by atoms with van der Waals surface area (Å²) in [6.45, 7) is 3.02. The number of carbonyl (C=O) groups excluding carboxylic acids is 2. The van der Waals surface area contributed by atoms with Gasteiger partial charge in [0.2, 0.25) is 6.29 Å². The van der Waals surface area contributed by atoms with E-state index >= 15 is 0 Å². The maximum absolute atomic E-state index is 11.9. The SMILES string of the molecule is CC(=O)[N+](C)(C)C(C)(CCC(=O)[N+](C)(C)C)C(O)O. The minimum absolute atomic E-state index is 0.0181. The highest BCUT2D eigenvalue weighted by molar-refractivity contribution is 5.69. The molecule has 112 valence electrons. The van der Waals surface area contributed by atoms with Crippen molar-refractivity contribution in [1.82, 2.24) is 0 Å². The Kier molecular flexibility index (Phi) is 5.42. The maximum Gasteiger partial charge on any atom is 0.313 e. The van der Waals surface area contributed by atoms with Crippen LogP contribution in [-0.4, -0.2) is 78.1 Å². The van der Waals surface area contributed by atoms with E-state index < -0.39 is 11.8 Å². The summed E-state index contributed by atoms with van der Waals surface area (Å²) in [6, 6.07) is 0. The third kappa shape index (κ3) is 3.82. The molecular weight excluding hydrogens is 248 g/mol. The van der Waals surface area contributed by atoms with Gasteiger partial charge in [0.25, 0.3) is 0 Å². The highest BCUT2D eigenvalue weighted by atomic mass is 16.5. The number of nitrogens with zero attached hydrogens (tertiary/aromatic N) is 2. The first-order valence-electron chi connectivity index (χ1n) is 6.33. The Labute approximate surface area is 115 Å². The predicted molar refractivity (Wildman–Crippen MR) is 71.7 cm³/mol. The lowest BCUT2D eigenvalue weighted by molar-refractivity contribution is -0.877. The number of hydrogen-bond acceptors (Lipinski definition) is 4. The average molecular weight is 276 g/mol. The topological polar surface area (TPSA) is 74.6 Å². The van der Waals surface area contributed by atoms with Crippen LogP contribution in [0.5, 0.6) is 0 Å². The molecule has 0 aromatic heterocycles. The molecule has 1 unspecified atom stereocenters. The Morgan fingerprint density at radius 2 is 1.53 bits per heavy atom. The third-order valence-corrected chi connectivity index (χ3v) is 4.21. The van der Waals surface area contributed by atoms with E-state index in [0.29, 0.717) is 0 Å². The summed E-state index contributed by atoms with van der Waals surface area (Å²) in [5.41, 5.74) is -1.11. The monoisotopic (exact) mass is 276 g/mol. The van der Waals surface area contributed by atoms with E-state index in [-0.39, 0.29) is 33.6 Å². The van der Waals surface area contributed by atoms with Gasteiger partial charge in [0.15, 0.2) is 5.54 Å². The highest BCUT2D eigenvalue weighted by Gasteiger charge is 2.50. The molecule has 0 heterocycles. The van der Waals surface area contributed by atoms with E-state index in [4.69, 9.17) is 0 Å². The minimum Gasteiger partial charge on any atom is -0.363 e. The number of quaternary nitrogens is 2. The molecule has 0 aliphatic rings. The Morgan fingerprint density at radius 1 is 1.11 bits per heavy atom. The molecule has 0 spiro atoms. The van der Waals surface area contributed by atoms with Crippen molar-refractivity contribution in [1.29, 1.82) is 0 Å². The van der Waals surface area contributed by atoms with Gasteiger partial charge in [-0.3, -0.25) is 8.97 Å². The van der Waals surface area contributed by atoms with Crippen LogP contribution in [-0.2, 0) is 9.59 Å². The molecule has 0 rings (SSSR count). The molecule has 0 fully saturated rings. The van der Waals surface area contributed by atoms with Gasteiger partial charge in [-0.05, 0) is 6.92 Å². The van der Waals surface area contributed by atoms with Crippen molar-refractivity contribution in [3.63, 3.8) is 0 Å². The van der Waals surface area contributed by atoms with Crippen LogP contribution in [0.3, 0.4) is 0 Å². The molecule has 0 saturated carbocycles. The predicted octanol–water partition coefficient (Wildman–Crippen LogP) is -0.308.